The minimum absolute atomic E-state index is 0.0622. The summed E-state index contributed by atoms with van der Waals surface area (Å²) in [5, 5.41) is 14.4. The van der Waals surface area contributed by atoms with E-state index in [1.165, 1.54) is 18.3 Å². The molecule has 36 heavy (non-hydrogen) atoms. The molecule has 4 aromatic rings. The highest BCUT2D eigenvalue weighted by atomic mass is 19.1. The van der Waals surface area contributed by atoms with Gasteiger partial charge in [0.15, 0.2) is 23.1 Å². The summed E-state index contributed by atoms with van der Waals surface area (Å²) in [6.45, 7) is 2.32. The summed E-state index contributed by atoms with van der Waals surface area (Å²) in [4.78, 5) is 21.0. The molecule has 1 saturated carbocycles. The van der Waals surface area contributed by atoms with Crippen molar-refractivity contribution in [1.82, 2.24) is 19.7 Å². The number of fused-ring (bicyclic) bond motifs is 7. The molecule has 1 aliphatic heterocycles. The van der Waals surface area contributed by atoms with Crippen LogP contribution in [0.5, 0.6) is 17.2 Å². The van der Waals surface area contributed by atoms with Crippen molar-refractivity contribution in [2.45, 2.75) is 32.4 Å². The first kappa shape index (κ1) is 22.0. The lowest BCUT2D eigenvalue weighted by molar-refractivity contribution is 0.0686. The van der Waals surface area contributed by atoms with Crippen LogP contribution >= 0.6 is 0 Å². The first-order valence-corrected chi connectivity index (χ1v) is 11.6. The Balaban J connectivity index is 1.66. The molecule has 1 fully saturated rings. The molecule has 1 aliphatic carbocycles. The van der Waals surface area contributed by atoms with Crippen LogP contribution in [0.2, 0.25) is 0 Å². The number of rotatable bonds is 3. The Labute approximate surface area is 205 Å². The fourth-order valence-corrected chi connectivity index (χ4v) is 4.44. The van der Waals surface area contributed by atoms with Gasteiger partial charge in [0.25, 0.3) is 0 Å². The monoisotopic (exact) mass is 487 g/mol. The Morgan fingerprint density at radius 2 is 2.06 bits per heavy atom. The van der Waals surface area contributed by atoms with Crippen LogP contribution in [0.3, 0.4) is 0 Å². The molecule has 1 aromatic carbocycles. The lowest BCUT2D eigenvalue weighted by Crippen LogP contribution is -2.10. The number of nitrogens with two attached hydrogens (primary N) is 1. The van der Waals surface area contributed by atoms with Gasteiger partial charge in [-0.1, -0.05) is 0 Å². The van der Waals surface area contributed by atoms with E-state index in [1.54, 1.807) is 42.1 Å². The lowest BCUT2D eigenvalue weighted by atomic mass is 9.99. The summed E-state index contributed by atoms with van der Waals surface area (Å²) in [5.41, 5.74) is 8.40. The van der Waals surface area contributed by atoms with Gasteiger partial charge in [-0.15, -0.1) is 0 Å². The van der Waals surface area contributed by atoms with Gasteiger partial charge in [0.2, 0.25) is 5.69 Å². The first-order chi connectivity index (χ1) is 17.4. The van der Waals surface area contributed by atoms with E-state index < -0.39 is 17.9 Å². The third-order valence-electron chi connectivity index (χ3n) is 6.39. The number of ether oxygens (including phenoxy) is 2. The molecule has 3 aromatic heterocycles. The average Bonchev–Trinajstić information content (AvgIpc) is 3.60. The van der Waals surface area contributed by atoms with E-state index in [2.05, 4.69) is 15.1 Å². The predicted molar refractivity (Wildman–Crippen MR) is 128 cm³/mol. The van der Waals surface area contributed by atoms with E-state index in [0.717, 1.165) is 12.8 Å². The molecule has 0 unspecified atom stereocenters. The van der Waals surface area contributed by atoms with Crippen LogP contribution < -0.4 is 15.2 Å². The molecule has 0 saturated heterocycles. The number of carbonyl (C=O) groups is 1. The van der Waals surface area contributed by atoms with Gasteiger partial charge in [-0.3, -0.25) is 9.67 Å². The summed E-state index contributed by atoms with van der Waals surface area (Å²) < 4.78 is 28.5. The zero-order valence-electron chi connectivity index (χ0n) is 19.3. The molecule has 0 radical (unpaired) electrons. The molecule has 2 bridgehead atoms. The quantitative estimate of drug-likeness (QED) is 0.410. The van der Waals surface area contributed by atoms with Gasteiger partial charge in [-0.25, -0.2) is 14.2 Å². The van der Waals surface area contributed by atoms with Gasteiger partial charge in [0.1, 0.15) is 23.3 Å². The normalized spacial score (nSPS) is 16.3. The number of anilines is 1. The van der Waals surface area contributed by atoms with Gasteiger partial charge < -0.3 is 20.3 Å². The number of nitrogens with zero attached hydrogens (tertiary/aromatic N) is 4. The van der Waals surface area contributed by atoms with Crippen LogP contribution in [-0.2, 0) is 6.54 Å². The van der Waals surface area contributed by atoms with E-state index in [4.69, 9.17) is 15.2 Å². The number of carboxylic acid groups (broad SMARTS) is 1. The van der Waals surface area contributed by atoms with Gasteiger partial charge in [0, 0.05) is 35.6 Å². The average molecular weight is 487 g/mol. The van der Waals surface area contributed by atoms with Crippen LogP contribution in [0, 0.1) is 11.7 Å². The van der Waals surface area contributed by atoms with E-state index in [-0.39, 0.29) is 23.0 Å². The molecule has 0 amide bonds. The molecular weight excluding hydrogens is 465 g/mol. The van der Waals surface area contributed by atoms with Crippen molar-refractivity contribution in [3.8, 4) is 39.8 Å². The fraction of sp³-hybridized carbons (Fsp3) is 0.231. The van der Waals surface area contributed by atoms with Crippen molar-refractivity contribution in [3.05, 3.63) is 65.9 Å². The molecule has 9 nitrogen and oxygen atoms in total. The third-order valence-corrected chi connectivity index (χ3v) is 6.39. The zero-order chi connectivity index (χ0) is 25.0. The molecule has 4 heterocycles. The van der Waals surface area contributed by atoms with E-state index >= 15 is 0 Å². The van der Waals surface area contributed by atoms with Crippen molar-refractivity contribution in [1.29, 1.82) is 0 Å². The minimum atomic E-state index is -1.23. The van der Waals surface area contributed by atoms with Crippen molar-refractivity contribution in [3.63, 3.8) is 0 Å². The second kappa shape index (κ2) is 8.33. The highest BCUT2D eigenvalue weighted by molar-refractivity contribution is 5.92. The summed E-state index contributed by atoms with van der Waals surface area (Å²) in [5.74, 6) is -0.470. The molecule has 3 N–H and O–H groups in total. The number of carboxylic acids is 1. The number of aromatic carboxylic acids is 1. The number of hydrogen-bond donors (Lipinski definition) is 2. The summed E-state index contributed by atoms with van der Waals surface area (Å²) in [6, 6.07) is 9.35. The predicted octanol–water partition coefficient (Wildman–Crippen LogP) is 5.08. The Morgan fingerprint density at radius 1 is 1.22 bits per heavy atom. The van der Waals surface area contributed by atoms with E-state index in [1.807, 2.05) is 0 Å². The number of halogens is 1. The minimum Gasteiger partial charge on any atom is -0.482 e. The standard InChI is InChI=1S/C26H22FN5O4/c1-13-18-10-16(27)6-7-17(18)21-19(3-2-8-29-21)36-24-22(26(33)34)31-32(12-14-4-5-14)23(24)15-9-20(35-13)25(28)30-11-15/h2-3,6-11,13-14H,4-5,12H2,1H3,(H2,28,30)(H,33,34)/t13-/m1/s1. The topological polar surface area (TPSA) is 125 Å². The third kappa shape index (κ3) is 3.80. The van der Waals surface area contributed by atoms with E-state index in [9.17, 15) is 14.3 Å². The smallest absolute Gasteiger partial charge is 0.360 e. The number of hydrogen-bond acceptors (Lipinski definition) is 7. The number of nitrogen functional groups attached to an aromatic ring is 1. The maximum absolute atomic E-state index is 14.3. The van der Waals surface area contributed by atoms with E-state index in [0.29, 0.717) is 46.3 Å². The summed E-state index contributed by atoms with van der Waals surface area (Å²) >= 11 is 0. The van der Waals surface area contributed by atoms with Crippen molar-refractivity contribution in [2.75, 3.05) is 5.73 Å². The summed E-state index contributed by atoms with van der Waals surface area (Å²) in [6.07, 6.45) is 4.60. The van der Waals surface area contributed by atoms with Crippen LogP contribution in [0.4, 0.5) is 10.2 Å². The summed E-state index contributed by atoms with van der Waals surface area (Å²) in [7, 11) is 0. The van der Waals surface area contributed by atoms with Crippen molar-refractivity contribution < 1.29 is 23.8 Å². The molecule has 182 valence electrons. The number of benzene rings is 1. The largest absolute Gasteiger partial charge is 0.482 e. The Morgan fingerprint density at radius 3 is 2.83 bits per heavy atom. The Kier molecular flexibility index (Phi) is 5.10. The SMILES string of the molecule is C[C@H]1Oc2cc(cnc2N)-c2c(c(C(=O)O)nn2CC2CC2)Oc2cccnc2-c2ccc(F)cc21. The van der Waals surface area contributed by atoms with Crippen molar-refractivity contribution in [2.24, 2.45) is 5.92 Å². The molecule has 2 aliphatic rings. The second-order valence-electron chi connectivity index (χ2n) is 9.01. The van der Waals surface area contributed by atoms with Gasteiger partial charge in [-0.05, 0) is 62.1 Å². The van der Waals surface area contributed by atoms with Crippen LogP contribution in [0.25, 0.3) is 22.5 Å². The maximum atomic E-state index is 14.3. The van der Waals surface area contributed by atoms with Crippen LogP contribution in [0.1, 0.15) is 41.9 Å². The lowest BCUT2D eigenvalue weighted by Gasteiger charge is -2.22. The number of aromatic nitrogens is 4. The van der Waals surface area contributed by atoms with Crippen LogP contribution in [0.15, 0.2) is 48.8 Å². The van der Waals surface area contributed by atoms with Gasteiger partial charge >= 0.3 is 5.97 Å². The van der Waals surface area contributed by atoms with Gasteiger partial charge in [0.05, 0.1) is 0 Å². The first-order valence-electron chi connectivity index (χ1n) is 11.6. The van der Waals surface area contributed by atoms with Crippen molar-refractivity contribution >= 4 is 11.8 Å². The van der Waals surface area contributed by atoms with Gasteiger partial charge in [-0.2, -0.15) is 5.10 Å². The van der Waals surface area contributed by atoms with Crippen LogP contribution in [-0.4, -0.2) is 30.8 Å². The second-order valence-corrected chi connectivity index (χ2v) is 9.01. The highest BCUT2D eigenvalue weighted by Gasteiger charge is 2.32. The molecule has 0 spiro atoms. The Hall–Kier alpha value is -4.47. The molecule has 6 rings (SSSR count). The molecule has 1 atom stereocenters. The molecule has 10 heteroatoms. The number of pyridine rings is 2. The Bertz CT molecular complexity index is 1510. The fourth-order valence-electron chi connectivity index (χ4n) is 4.44. The maximum Gasteiger partial charge on any atom is 0.360 e. The highest BCUT2D eigenvalue weighted by Crippen LogP contribution is 2.44. The molecular formula is C26H22FN5O4. The zero-order valence-corrected chi connectivity index (χ0v) is 19.3.